The molecule has 0 aliphatic rings. The predicted octanol–water partition coefficient (Wildman–Crippen LogP) is 2.23. The Hall–Kier alpha value is -2.10. The van der Waals surface area contributed by atoms with Crippen LogP contribution in [0.25, 0.3) is 0 Å². The second-order valence-corrected chi connectivity index (χ2v) is 4.31. The van der Waals surface area contributed by atoms with E-state index in [4.69, 9.17) is 0 Å². The minimum atomic E-state index is -1.05. The fourth-order valence-corrected chi connectivity index (χ4v) is 1.89. The Morgan fingerprint density at radius 1 is 1.16 bits per heavy atom. The van der Waals surface area contributed by atoms with Gasteiger partial charge in [0.25, 0.3) is 0 Å². The Kier molecular flexibility index (Phi) is 5.30. The molecule has 0 bridgehead atoms. The first-order valence-corrected chi connectivity index (χ1v) is 5.89. The van der Waals surface area contributed by atoms with E-state index in [0.29, 0.717) is 12.0 Å². The van der Waals surface area contributed by atoms with Crippen molar-refractivity contribution in [1.82, 2.24) is 0 Å². The summed E-state index contributed by atoms with van der Waals surface area (Å²) in [6.45, 7) is 5.74. The molecular weight excluding hydrogens is 244 g/mol. The van der Waals surface area contributed by atoms with E-state index in [1.165, 1.54) is 14.2 Å². The molecule has 0 amide bonds. The van der Waals surface area contributed by atoms with Crippen molar-refractivity contribution < 1.29 is 19.1 Å². The lowest BCUT2D eigenvalue weighted by Gasteiger charge is -2.16. The zero-order valence-corrected chi connectivity index (χ0v) is 11.4. The van der Waals surface area contributed by atoms with Crippen LogP contribution in [-0.2, 0) is 25.5 Å². The van der Waals surface area contributed by atoms with Gasteiger partial charge in [-0.1, -0.05) is 36.4 Å². The Morgan fingerprint density at radius 3 is 2.16 bits per heavy atom. The zero-order valence-electron chi connectivity index (χ0n) is 11.4. The Labute approximate surface area is 113 Å². The van der Waals surface area contributed by atoms with Crippen LogP contribution in [0.15, 0.2) is 36.4 Å². The number of carbonyl (C=O) groups is 2. The average molecular weight is 262 g/mol. The predicted molar refractivity (Wildman–Crippen MR) is 71.7 cm³/mol. The summed E-state index contributed by atoms with van der Waals surface area (Å²) >= 11 is 0. The van der Waals surface area contributed by atoms with Crippen LogP contribution in [0.3, 0.4) is 0 Å². The maximum Gasteiger partial charge on any atom is 0.324 e. The number of allylic oxidation sites excluding steroid dienone is 1. The van der Waals surface area contributed by atoms with Crippen LogP contribution < -0.4 is 0 Å². The highest BCUT2D eigenvalue weighted by molar-refractivity contribution is 6.01. The molecule has 102 valence electrons. The number of hydrogen-bond donors (Lipinski definition) is 0. The summed E-state index contributed by atoms with van der Waals surface area (Å²) < 4.78 is 9.38. The molecule has 4 heteroatoms. The van der Waals surface area contributed by atoms with Gasteiger partial charge < -0.3 is 9.47 Å². The summed E-state index contributed by atoms with van der Waals surface area (Å²) in [5.41, 5.74) is 2.42. The number of esters is 2. The van der Waals surface area contributed by atoms with Gasteiger partial charge in [0.1, 0.15) is 0 Å². The van der Waals surface area contributed by atoms with Gasteiger partial charge in [-0.05, 0) is 24.5 Å². The smallest absolute Gasteiger partial charge is 0.324 e. The van der Waals surface area contributed by atoms with Gasteiger partial charge in [-0.3, -0.25) is 9.59 Å². The topological polar surface area (TPSA) is 52.6 Å². The number of ether oxygens (including phenoxy) is 2. The Bertz CT molecular complexity index is 475. The Balaban J connectivity index is 3.25. The van der Waals surface area contributed by atoms with Crippen molar-refractivity contribution >= 4 is 11.9 Å². The van der Waals surface area contributed by atoms with E-state index in [0.717, 1.165) is 11.1 Å². The molecular formula is C15H18O4. The van der Waals surface area contributed by atoms with Crippen LogP contribution in [0.5, 0.6) is 0 Å². The fraction of sp³-hybridized carbons (Fsp3) is 0.333. The molecule has 4 nitrogen and oxygen atoms in total. The van der Waals surface area contributed by atoms with Crippen molar-refractivity contribution in [1.29, 1.82) is 0 Å². The van der Waals surface area contributed by atoms with Crippen molar-refractivity contribution in [3.63, 3.8) is 0 Å². The number of methoxy groups -OCH3 is 2. The van der Waals surface area contributed by atoms with Crippen molar-refractivity contribution in [2.45, 2.75) is 19.3 Å². The van der Waals surface area contributed by atoms with E-state index in [1.807, 2.05) is 19.1 Å². The van der Waals surface area contributed by atoms with Gasteiger partial charge in [-0.15, -0.1) is 0 Å². The van der Waals surface area contributed by atoms with Gasteiger partial charge in [0.05, 0.1) is 14.2 Å². The minimum absolute atomic E-state index is 0.598. The lowest BCUT2D eigenvalue weighted by atomic mass is 9.91. The minimum Gasteiger partial charge on any atom is -0.468 e. The monoisotopic (exact) mass is 262 g/mol. The highest BCUT2D eigenvalue weighted by Crippen LogP contribution is 2.24. The number of benzene rings is 1. The fourth-order valence-electron chi connectivity index (χ4n) is 1.89. The molecule has 0 spiro atoms. The van der Waals surface area contributed by atoms with E-state index in [1.54, 1.807) is 12.1 Å². The van der Waals surface area contributed by atoms with Crippen LogP contribution in [0, 0.1) is 0 Å². The second kappa shape index (κ2) is 6.73. The van der Waals surface area contributed by atoms with Gasteiger partial charge in [-0.25, -0.2) is 0 Å². The second-order valence-electron chi connectivity index (χ2n) is 4.31. The Morgan fingerprint density at radius 2 is 1.68 bits per heavy atom. The molecule has 1 aromatic rings. The molecule has 0 saturated carbocycles. The van der Waals surface area contributed by atoms with E-state index in [-0.39, 0.29) is 0 Å². The molecule has 0 atom stereocenters. The van der Waals surface area contributed by atoms with Gasteiger partial charge in [0.2, 0.25) is 0 Å². The highest BCUT2D eigenvalue weighted by atomic mass is 16.5. The SMILES string of the molecule is C=C(C)Cc1ccccc1C(C(=O)OC)C(=O)OC. The number of carbonyl (C=O) groups excluding carboxylic acids is 2. The molecule has 0 radical (unpaired) electrons. The summed E-state index contributed by atoms with van der Waals surface area (Å²) in [6, 6.07) is 7.23. The van der Waals surface area contributed by atoms with Crippen LogP contribution >= 0.6 is 0 Å². The number of hydrogen-bond acceptors (Lipinski definition) is 4. The van der Waals surface area contributed by atoms with Crippen molar-refractivity contribution in [2.75, 3.05) is 14.2 Å². The van der Waals surface area contributed by atoms with E-state index in [9.17, 15) is 9.59 Å². The molecule has 0 N–H and O–H groups in total. The van der Waals surface area contributed by atoms with Crippen LogP contribution in [0.4, 0.5) is 0 Å². The van der Waals surface area contributed by atoms with Gasteiger partial charge >= 0.3 is 11.9 Å². The number of rotatable bonds is 5. The summed E-state index contributed by atoms with van der Waals surface area (Å²) in [7, 11) is 2.50. The summed E-state index contributed by atoms with van der Waals surface area (Å²) in [4.78, 5) is 23.6. The molecule has 0 unspecified atom stereocenters. The third-order valence-electron chi connectivity index (χ3n) is 2.73. The zero-order chi connectivity index (χ0) is 14.4. The van der Waals surface area contributed by atoms with Gasteiger partial charge in [-0.2, -0.15) is 0 Å². The molecule has 0 fully saturated rings. The normalized spacial score (nSPS) is 10.1. The standard InChI is InChI=1S/C15H18O4/c1-10(2)9-11-7-5-6-8-12(11)13(14(16)18-3)15(17)19-4/h5-8,13H,1,9H2,2-4H3. The molecule has 0 saturated heterocycles. The first-order valence-electron chi connectivity index (χ1n) is 5.89. The van der Waals surface area contributed by atoms with Crippen LogP contribution in [0.2, 0.25) is 0 Å². The van der Waals surface area contributed by atoms with E-state index in [2.05, 4.69) is 16.1 Å². The van der Waals surface area contributed by atoms with E-state index < -0.39 is 17.9 Å². The highest BCUT2D eigenvalue weighted by Gasteiger charge is 2.32. The first kappa shape index (κ1) is 15.0. The van der Waals surface area contributed by atoms with Crippen molar-refractivity contribution in [3.8, 4) is 0 Å². The molecule has 0 aromatic heterocycles. The maximum absolute atomic E-state index is 11.8. The molecule has 19 heavy (non-hydrogen) atoms. The largest absolute Gasteiger partial charge is 0.468 e. The maximum atomic E-state index is 11.8. The molecule has 1 aromatic carbocycles. The van der Waals surface area contributed by atoms with Crippen LogP contribution in [0.1, 0.15) is 24.0 Å². The third kappa shape index (κ3) is 3.68. The molecule has 1 rings (SSSR count). The van der Waals surface area contributed by atoms with Crippen molar-refractivity contribution in [2.24, 2.45) is 0 Å². The van der Waals surface area contributed by atoms with Gasteiger partial charge in [0, 0.05) is 0 Å². The van der Waals surface area contributed by atoms with Gasteiger partial charge in [0.15, 0.2) is 5.92 Å². The van der Waals surface area contributed by atoms with E-state index >= 15 is 0 Å². The molecule has 0 aliphatic heterocycles. The summed E-state index contributed by atoms with van der Waals surface area (Å²) in [6.07, 6.45) is 0.598. The average Bonchev–Trinajstić information content (AvgIpc) is 2.39. The van der Waals surface area contributed by atoms with Crippen LogP contribution in [-0.4, -0.2) is 26.2 Å². The lowest BCUT2D eigenvalue weighted by Crippen LogP contribution is -2.25. The lowest BCUT2D eigenvalue weighted by molar-refractivity contribution is -0.154. The quantitative estimate of drug-likeness (QED) is 0.464. The first-order chi connectivity index (χ1) is 9.01. The summed E-state index contributed by atoms with van der Waals surface area (Å²) in [5.74, 6) is -2.30. The summed E-state index contributed by atoms with van der Waals surface area (Å²) in [5, 5.41) is 0. The molecule has 0 heterocycles. The molecule has 0 aliphatic carbocycles. The van der Waals surface area contributed by atoms with Crippen molar-refractivity contribution in [3.05, 3.63) is 47.5 Å². The third-order valence-corrected chi connectivity index (χ3v) is 2.73.